The van der Waals surface area contributed by atoms with Crippen LogP contribution < -0.4 is 5.32 Å². The van der Waals surface area contributed by atoms with Crippen molar-refractivity contribution in [1.82, 2.24) is 4.98 Å². The number of ether oxygens (including phenoxy) is 1. The summed E-state index contributed by atoms with van der Waals surface area (Å²) in [5.41, 5.74) is 0.640. The summed E-state index contributed by atoms with van der Waals surface area (Å²) in [7, 11) is 0. The zero-order chi connectivity index (χ0) is 13.8. The van der Waals surface area contributed by atoms with Gasteiger partial charge in [0.2, 0.25) is 0 Å². The Balaban J connectivity index is 2.13. The normalized spacial score (nSPS) is 10.3. The van der Waals surface area contributed by atoms with Gasteiger partial charge in [0.25, 0.3) is 6.01 Å². The van der Waals surface area contributed by atoms with Crippen LogP contribution in [0.1, 0.15) is 17.4 Å². The minimum atomic E-state index is -0.558. The number of carbonyl (C=O) groups excluding carboxylic acids is 1. The Hall–Kier alpha value is -1.89. The molecule has 1 aromatic heterocycles. The highest BCUT2D eigenvalue weighted by Gasteiger charge is 2.13. The molecule has 2 rings (SSSR count). The van der Waals surface area contributed by atoms with Gasteiger partial charge in [-0.1, -0.05) is 0 Å². The van der Waals surface area contributed by atoms with Gasteiger partial charge in [-0.05, 0) is 41.1 Å². The first-order valence-corrected chi connectivity index (χ1v) is 6.24. The lowest BCUT2D eigenvalue weighted by molar-refractivity contribution is 0.0519. The average molecular weight is 329 g/mol. The first-order valence-electron chi connectivity index (χ1n) is 5.45. The van der Waals surface area contributed by atoms with E-state index in [0.717, 1.165) is 0 Å². The van der Waals surface area contributed by atoms with E-state index in [4.69, 9.17) is 9.15 Å². The van der Waals surface area contributed by atoms with E-state index in [0.29, 0.717) is 10.2 Å². The number of nitrogens with zero attached hydrogens (tertiary/aromatic N) is 1. The molecule has 7 heteroatoms. The molecule has 0 aliphatic heterocycles. The maximum atomic E-state index is 12.9. The van der Waals surface area contributed by atoms with Gasteiger partial charge < -0.3 is 14.5 Å². The number of benzene rings is 1. The third-order valence-electron chi connectivity index (χ3n) is 2.16. The fourth-order valence-corrected chi connectivity index (χ4v) is 1.79. The Kier molecular flexibility index (Phi) is 4.16. The monoisotopic (exact) mass is 328 g/mol. The quantitative estimate of drug-likeness (QED) is 0.870. The Morgan fingerprint density at radius 2 is 2.37 bits per heavy atom. The number of hydrogen-bond acceptors (Lipinski definition) is 5. The van der Waals surface area contributed by atoms with Crippen LogP contribution in [0.2, 0.25) is 0 Å². The maximum absolute atomic E-state index is 12.9. The number of carbonyl (C=O) groups is 1. The van der Waals surface area contributed by atoms with Crippen molar-refractivity contribution in [2.75, 3.05) is 11.9 Å². The maximum Gasteiger partial charge on any atom is 0.360 e. The summed E-state index contributed by atoms with van der Waals surface area (Å²) in [6, 6.07) is 4.24. The third-order valence-corrected chi connectivity index (χ3v) is 2.82. The molecule has 0 amide bonds. The Labute approximate surface area is 116 Å². The molecule has 0 aliphatic carbocycles. The Bertz CT molecular complexity index is 600. The van der Waals surface area contributed by atoms with Crippen LogP contribution in [-0.4, -0.2) is 17.6 Å². The number of nitrogens with one attached hydrogen (secondary N) is 1. The molecule has 0 aliphatic rings. The molecule has 0 saturated heterocycles. The van der Waals surface area contributed by atoms with Crippen LogP contribution in [-0.2, 0) is 4.74 Å². The van der Waals surface area contributed by atoms with E-state index in [1.54, 1.807) is 6.92 Å². The topological polar surface area (TPSA) is 64.4 Å². The number of hydrogen-bond donors (Lipinski definition) is 1. The lowest BCUT2D eigenvalue weighted by Crippen LogP contribution is -2.05. The van der Waals surface area contributed by atoms with Gasteiger partial charge in [0.05, 0.1) is 12.3 Å². The Morgan fingerprint density at radius 1 is 1.58 bits per heavy atom. The molecule has 1 N–H and O–H groups in total. The molecular formula is C12H10BrFN2O3. The fraction of sp³-hybridized carbons (Fsp3) is 0.167. The molecule has 0 atom stereocenters. The van der Waals surface area contributed by atoms with Crippen LogP contribution in [0.4, 0.5) is 16.1 Å². The predicted molar refractivity (Wildman–Crippen MR) is 69.8 cm³/mol. The minimum Gasteiger partial charge on any atom is -0.461 e. The molecule has 1 aromatic carbocycles. The summed E-state index contributed by atoms with van der Waals surface area (Å²) in [5, 5.41) is 2.82. The van der Waals surface area contributed by atoms with E-state index in [-0.39, 0.29) is 24.1 Å². The summed E-state index contributed by atoms with van der Waals surface area (Å²) in [5.74, 6) is -0.922. The number of oxazole rings is 1. The van der Waals surface area contributed by atoms with Crippen LogP contribution in [0.3, 0.4) is 0 Å². The van der Waals surface area contributed by atoms with Crippen LogP contribution >= 0.6 is 15.9 Å². The number of rotatable bonds is 4. The van der Waals surface area contributed by atoms with Crippen LogP contribution in [0.25, 0.3) is 0 Å². The second-order valence-corrected chi connectivity index (χ2v) is 4.36. The second-order valence-electron chi connectivity index (χ2n) is 3.51. The number of anilines is 2. The van der Waals surface area contributed by atoms with Gasteiger partial charge in [-0.2, -0.15) is 4.98 Å². The molecule has 1 heterocycles. The number of halogens is 2. The van der Waals surface area contributed by atoms with Crippen molar-refractivity contribution in [3.63, 3.8) is 0 Å². The number of aromatic nitrogens is 1. The van der Waals surface area contributed by atoms with Crippen LogP contribution in [0, 0.1) is 5.82 Å². The van der Waals surface area contributed by atoms with Gasteiger partial charge in [0.1, 0.15) is 12.1 Å². The Morgan fingerprint density at radius 3 is 3.05 bits per heavy atom. The van der Waals surface area contributed by atoms with Gasteiger partial charge >= 0.3 is 5.97 Å². The van der Waals surface area contributed by atoms with E-state index in [9.17, 15) is 9.18 Å². The van der Waals surface area contributed by atoms with E-state index < -0.39 is 5.97 Å². The zero-order valence-electron chi connectivity index (χ0n) is 9.94. The molecular weight excluding hydrogens is 319 g/mol. The summed E-state index contributed by atoms with van der Waals surface area (Å²) in [6.45, 7) is 1.96. The highest BCUT2D eigenvalue weighted by atomic mass is 79.9. The first kappa shape index (κ1) is 13.5. The van der Waals surface area contributed by atoms with Crippen molar-refractivity contribution in [3.05, 3.63) is 40.4 Å². The van der Waals surface area contributed by atoms with Gasteiger partial charge in [-0.25, -0.2) is 9.18 Å². The highest BCUT2D eigenvalue weighted by Crippen LogP contribution is 2.26. The zero-order valence-corrected chi connectivity index (χ0v) is 11.5. The summed E-state index contributed by atoms with van der Waals surface area (Å²) >= 11 is 3.20. The number of esters is 1. The summed E-state index contributed by atoms with van der Waals surface area (Å²) < 4.78 is 23.3. The lowest BCUT2D eigenvalue weighted by atomic mass is 10.3. The van der Waals surface area contributed by atoms with Crippen molar-refractivity contribution in [3.8, 4) is 0 Å². The fourth-order valence-electron chi connectivity index (χ4n) is 1.34. The van der Waals surface area contributed by atoms with Gasteiger partial charge in [0, 0.05) is 4.47 Å². The smallest absolute Gasteiger partial charge is 0.360 e. The van der Waals surface area contributed by atoms with E-state index in [2.05, 4.69) is 26.2 Å². The molecule has 0 saturated carbocycles. The van der Waals surface area contributed by atoms with E-state index in [1.807, 2.05) is 0 Å². The molecule has 0 fully saturated rings. The minimum absolute atomic E-state index is 0.0718. The van der Waals surface area contributed by atoms with Crippen molar-refractivity contribution >= 4 is 33.6 Å². The second kappa shape index (κ2) is 5.83. The molecule has 0 unspecified atom stereocenters. The van der Waals surface area contributed by atoms with Crippen molar-refractivity contribution in [2.45, 2.75) is 6.92 Å². The average Bonchev–Trinajstić information content (AvgIpc) is 2.82. The first-order chi connectivity index (χ1) is 9.10. The molecule has 0 spiro atoms. The van der Waals surface area contributed by atoms with Gasteiger partial charge in [-0.15, -0.1) is 0 Å². The van der Waals surface area contributed by atoms with Crippen molar-refractivity contribution in [2.24, 2.45) is 0 Å². The SMILES string of the molecule is CCOC(=O)c1coc(Nc2ccc(F)cc2Br)n1. The van der Waals surface area contributed by atoms with Crippen molar-refractivity contribution in [1.29, 1.82) is 0 Å². The molecule has 0 radical (unpaired) electrons. The molecule has 2 aromatic rings. The van der Waals surface area contributed by atoms with Gasteiger partial charge in [-0.3, -0.25) is 0 Å². The highest BCUT2D eigenvalue weighted by molar-refractivity contribution is 9.10. The van der Waals surface area contributed by atoms with Gasteiger partial charge in [0.15, 0.2) is 5.69 Å². The molecule has 100 valence electrons. The van der Waals surface area contributed by atoms with Crippen molar-refractivity contribution < 1.29 is 18.3 Å². The summed E-state index contributed by atoms with van der Waals surface area (Å²) in [6.07, 6.45) is 1.19. The predicted octanol–water partition coefficient (Wildman–Crippen LogP) is 3.50. The summed E-state index contributed by atoms with van der Waals surface area (Å²) in [4.78, 5) is 15.3. The molecule has 19 heavy (non-hydrogen) atoms. The largest absolute Gasteiger partial charge is 0.461 e. The standard InChI is InChI=1S/C12H10BrFN2O3/c1-2-18-11(17)10-6-19-12(16-10)15-9-4-3-7(14)5-8(9)13/h3-6H,2H2,1H3,(H,15,16). The van der Waals surface area contributed by atoms with E-state index >= 15 is 0 Å². The van der Waals surface area contributed by atoms with E-state index in [1.165, 1.54) is 24.5 Å². The molecule has 0 bridgehead atoms. The van der Waals surface area contributed by atoms with Crippen LogP contribution in [0.5, 0.6) is 0 Å². The lowest BCUT2D eigenvalue weighted by Gasteiger charge is -2.03. The van der Waals surface area contributed by atoms with Crippen LogP contribution in [0.15, 0.2) is 33.4 Å². The molecule has 5 nitrogen and oxygen atoms in total. The third kappa shape index (κ3) is 3.31.